The predicted molar refractivity (Wildman–Crippen MR) is 49.3 cm³/mol. The summed E-state index contributed by atoms with van der Waals surface area (Å²) in [6.45, 7) is 3.70. The average Bonchev–Trinajstić information content (AvgIpc) is 2.12. The minimum absolute atomic E-state index is 0.141. The van der Waals surface area contributed by atoms with Gasteiger partial charge in [0.25, 0.3) is 0 Å². The Morgan fingerprint density at radius 3 is 2.93 bits per heavy atom. The van der Waals surface area contributed by atoms with Crippen LogP contribution in [-0.4, -0.2) is 17.6 Å². The third-order valence-corrected chi connectivity index (χ3v) is 1.72. The number of aromatic nitrogens is 1. The highest BCUT2D eigenvalue weighted by Crippen LogP contribution is 2.07. The molecule has 0 unspecified atom stereocenters. The van der Waals surface area contributed by atoms with Gasteiger partial charge in [-0.3, -0.25) is 4.79 Å². The molecule has 0 spiro atoms. The zero-order chi connectivity index (χ0) is 10.6. The summed E-state index contributed by atoms with van der Waals surface area (Å²) in [4.78, 5) is 14.6. The molecule has 0 saturated heterocycles. The number of ether oxygens (including phenoxy) is 1. The van der Waals surface area contributed by atoms with Crippen LogP contribution in [0, 0.1) is 12.9 Å². The van der Waals surface area contributed by atoms with Gasteiger partial charge in [-0.2, -0.15) is 4.39 Å². The minimum Gasteiger partial charge on any atom is -0.466 e. The van der Waals surface area contributed by atoms with Gasteiger partial charge in [-0.15, -0.1) is 0 Å². The zero-order valence-electron chi connectivity index (χ0n) is 8.21. The highest BCUT2D eigenvalue weighted by Gasteiger charge is 2.06. The van der Waals surface area contributed by atoms with Crippen molar-refractivity contribution in [2.24, 2.45) is 0 Å². The lowest BCUT2D eigenvalue weighted by Gasteiger charge is -2.02. The molecule has 0 aliphatic rings. The van der Waals surface area contributed by atoms with Crippen molar-refractivity contribution in [3.05, 3.63) is 29.3 Å². The first-order valence-corrected chi connectivity index (χ1v) is 4.40. The third-order valence-electron chi connectivity index (χ3n) is 1.72. The summed E-state index contributed by atoms with van der Waals surface area (Å²) in [6, 6.07) is 1.60. The van der Waals surface area contributed by atoms with E-state index in [1.807, 2.05) is 0 Å². The minimum atomic E-state index is -0.502. The fourth-order valence-corrected chi connectivity index (χ4v) is 1.09. The van der Waals surface area contributed by atoms with Crippen LogP contribution in [0.15, 0.2) is 12.3 Å². The number of esters is 1. The molecule has 0 N–H and O–H groups in total. The van der Waals surface area contributed by atoms with Gasteiger partial charge in [-0.05, 0) is 25.5 Å². The van der Waals surface area contributed by atoms with Gasteiger partial charge in [0.05, 0.1) is 13.0 Å². The van der Waals surface area contributed by atoms with E-state index in [1.54, 1.807) is 19.9 Å². The fourth-order valence-electron chi connectivity index (χ4n) is 1.09. The second-order valence-corrected chi connectivity index (χ2v) is 2.93. The second kappa shape index (κ2) is 4.69. The van der Waals surface area contributed by atoms with E-state index in [0.717, 1.165) is 0 Å². The SMILES string of the molecule is CCOC(=O)Cc1cnc(F)c(C)c1. The largest absolute Gasteiger partial charge is 0.466 e. The Kier molecular flexibility index (Phi) is 3.56. The van der Waals surface area contributed by atoms with Crippen molar-refractivity contribution in [1.29, 1.82) is 0 Å². The molecule has 0 amide bonds. The summed E-state index contributed by atoms with van der Waals surface area (Å²) in [5.41, 5.74) is 1.11. The average molecular weight is 197 g/mol. The van der Waals surface area contributed by atoms with E-state index in [4.69, 9.17) is 4.74 Å². The molecule has 0 saturated carbocycles. The van der Waals surface area contributed by atoms with Crippen molar-refractivity contribution in [1.82, 2.24) is 4.98 Å². The van der Waals surface area contributed by atoms with Crippen LogP contribution < -0.4 is 0 Å². The van der Waals surface area contributed by atoms with Crippen LogP contribution in [-0.2, 0) is 16.0 Å². The van der Waals surface area contributed by atoms with Gasteiger partial charge in [0, 0.05) is 11.8 Å². The molecular formula is C10H12FNO2. The Hall–Kier alpha value is -1.45. The second-order valence-electron chi connectivity index (χ2n) is 2.93. The Morgan fingerprint density at radius 1 is 1.64 bits per heavy atom. The first-order valence-electron chi connectivity index (χ1n) is 4.40. The summed E-state index contributed by atoms with van der Waals surface area (Å²) in [7, 11) is 0. The maximum atomic E-state index is 12.8. The molecule has 1 rings (SSSR count). The van der Waals surface area contributed by atoms with Crippen molar-refractivity contribution < 1.29 is 13.9 Å². The van der Waals surface area contributed by atoms with Crippen molar-refractivity contribution in [3.63, 3.8) is 0 Å². The molecule has 1 aromatic heterocycles. The normalized spacial score (nSPS) is 9.93. The number of hydrogen-bond donors (Lipinski definition) is 0. The first kappa shape index (κ1) is 10.6. The monoisotopic (exact) mass is 197 g/mol. The molecule has 14 heavy (non-hydrogen) atoms. The molecule has 3 nitrogen and oxygen atoms in total. The number of halogens is 1. The van der Waals surface area contributed by atoms with Crippen molar-refractivity contribution in [2.75, 3.05) is 6.61 Å². The van der Waals surface area contributed by atoms with E-state index in [2.05, 4.69) is 4.98 Å². The molecule has 0 atom stereocenters. The Labute approximate surface area is 81.9 Å². The maximum Gasteiger partial charge on any atom is 0.310 e. The van der Waals surface area contributed by atoms with Crippen LogP contribution >= 0.6 is 0 Å². The van der Waals surface area contributed by atoms with Gasteiger partial charge >= 0.3 is 5.97 Å². The smallest absolute Gasteiger partial charge is 0.310 e. The lowest BCUT2D eigenvalue weighted by molar-refractivity contribution is -0.142. The van der Waals surface area contributed by atoms with E-state index in [0.29, 0.717) is 17.7 Å². The summed E-state index contributed by atoms with van der Waals surface area (Å²) >= 11 is 0. The molecule has 0 fully saturated rings. The Morgan fingerprint density at radius 2 is 2.36 bits per heavy atom. The van der Waals surface area contributed by atoms with Crippen molar-refractivity contribution >= 4 is 5.97 Å². The molecule has 76 valence electrons. The van der Waals surface area contributed by atoms with Crippen molar-refractivity contribution in [2.45, 2.75) is 20.3 Å². The number of hydrogen-bond acceptors (Lipinski definition) is 3. The molecule has 0 aliphatic carbocycles. The number of aryl methyl sites for hydroxylation is 1. The summed E-state index contributed by atoms with van der Waals surface area (Å²) in [5, 5.41) is 0. The predicted octanol–water partition coefficient (Wildman–Crippen LogP) is 1.63. The first-order chi connectivity index (χ1) is 6.63. The highest BCUT2D eigenvalue weighted by molar-refractivity contribution is 5.72. The fraction of sp³-hybridized carbons (Fsp3) is 0.400. The van der Waals surface area contributed by atoms with Gasteiger partial charge < -0.3 is 4.74 Å². The Balaban J connectivity index is 2.68. The molecule has 0 bridgehead atoms. The molecule has 1 heterocycles. The van der Waals surface area contributed by atoms with Crippen LogP contribution in [0.2, 0.25) is 0 Å². The van der Waals surface area contributed by atoms with Gasteiger partial charge in [-0.1, -0.05) is 0 Å². The van der Waals surface area contributed by atoms with Crippen LogP contribution in [0.25, 0.3) is 0 Å². The van der Waals surface area contributed by atoms with E-state index < -0.39 is 5.95 Å². The molecule has 0 aromatic carbocycles. The highest BCUT2D eigenvalue weighted by atomic mass is 19.1. The van der Waals surface area contributed by atoms with Crippen LogP contribution in [0.4, 0.5) is 4.39 Å². The number of nitrogens with zero attached hydrogens (tertiary/aromatic N) is 1. The Bertz CT molecular complexity index is 339. The van der Waals surface area contributed by atoms with E-state index >= 15 is 0 Å². The van der Waals surface area contributed by atoms with Gasteiger partial charge in [0.15, 0.2) is 0 Å². The summed E-state index contributed by atoms with van der Waals surface area (Å²) in [6.07, 6.45) is 1.49. The molecule has 0 aliphatic heterocycles. The van der Waals surface area contributed by atoms with Crippen molar-refractivity contribution in [3.8, 4) is 0 Å². The number of pyridine rings is 1. The van der Waals surface area contributed by atoms with E-state index in [-0.39, 0.29) is 12.4 Å². The quantitative estimate of drug-likeness (QED) is 0.546. The lowest BCUT2D eigenvalue weighted by atomic mass is 10.1. The van der Waals surface area contributed by atoms with Gasteiger partial charge in [0.2, 0.25) is 5.95 Å². The van der Waals surface area contributed by atoms with Gasteiger partial charge in [0.1, 0.15) is 0 Å². The van der Waals surface area contributed by atoms with E-state index in [1.165, 1.54) is 6.20 Å². The van der Waals surface area contributed by atoms with Crippen LogP contribution in [0.1, 0.15) is 18.1 Å². The maximum absolute atomic E-state index is 12.8. The number of carbonyl (C=O) groups is 1. The van der Waals surface area contributed by atoms with Crippen LogP contribution in [0.3, 0.4) is 0 Å². The molecular weight excluding hydrogens is 185 g/mol. The molecule has 1 aromatic rings. The molecule has 4 heteroatoms. The molecule has 0 radical (unpaired) electrons. The third kappa shape index (κ3) is 2.80. The summed E-state index contributed by atoms with van der Waals surface area (Å²) in [5.74, 6) is -0.821. The standard InChI is InChI=1S/C10H12FNO2/c1-3-14-9(13)5-8-4-7(2)10(11)12-6-8/h4,6H,3,5H2,1-2H3. The number of rotatable bonds is 3. The van der Waals surface area contributed by atoms with E-state index in [9.17, 15) is 9.18 Å². The lowest BCUT2D eigenvalue weighted by Crippen LogP contribution is -2.08. The zero-order valence-corrected chi connectivity index (χ0v) is 8.21. The van der Waals surface area contributed by atoms with Crippen LogP contribution in [0.5, 0.6) is 0 Å². The van der Waals surface area contributed by atoms with Gasteiger partial charge in [-0.25, -0.2) is 4.98 Å². The topological polar surface area (TPSA) is 39.2 Å². The summed E-state index contributed by atoms with van der Waals surface area (Å²) < 4.78 is 17.5. The number of carbonyl (C=O) groups excluding carboxylic acids is 1.